The molecule has 0 amide bonds. The van der Waals surface area contributed by atoms with Crippen LogP contribution < -0.4 is 10.2 Å². The van der Waals surface area contributed by atoms with Crippen molar-refractivity contribution in [3.8, 4) is 0 Å². The van der Waals surface area contributed by atoms with Gasteiger partial charge in [-0.15, -0.1) is 11.3 Å². The van der Waals surface area contributed by atoms with Crippen LogP contribution in [0.2, 0.25) is 0 Å². The van der Waals surface area contributed by atoms with Crippen LogP contribution in [0.25, 0.3) is 0 Å². The van der Waals surface area contributed by atoms with E-state index in [1.54, 1.807) is 0 Å². The van der Waals surface area contributed by atoms with E-state index >= 15 is 0 Å². The van der Waals surface area contributed by atoms with Gasteiger partial charge in [-0.3, -0.25) is 0 Å². The van der Waals surface area contributed by atoms with Gasteiger partial charge in [0.25, 0.3) is 0 Å². The number of nitrogens with one attached hydrogen (secondary N) is 1. The Kier molecular flexibility index (Phi) is 5.31. The fourth-order valence-electron chi connectivity index (χ4n) is 2.53. The summed E-state index contributed by atoms with van der Waals surface area (Å²) in [6, 6.07) is 0. The SMILES string of the molecule is CCCc1nc(N(C)CC2CC2C)sc1CNC(C)(C)C. The van der Waals surface area contributed by atoms with Crippen LogP contribution in [0.1, 0.15) is 58.0 Å². The second-order valence-electron chi connectivity index (χ2n) is 7.57. The number of hydrogen-bond acceptors (Lipinski definition) is 4. The van der Waals surface area contributed by atoms with Crippen molar-refractivity contribution in [3.05, 3.63) is 10.6 Å². The lowest BCUT2D eigenvalue weighted by Gasteiger charge is -2.20. The molecule has 1 aliphatic rings. The summed E-state index contributed by atoms with van der Waals surface area (Å²) in [5, 5.41) is 4.80. The third-order valence-corrected chi connectivity index (χ3v) is 5.36. The summed E-state index contributed by atoms with van der Waals surface area (Å²) in [5.74, 6) is 1.79. The molecule has 0 spiro atoms. The van der Waals surface area contributed by atoms with Crippen molar-refractivity contribution in [3.63, 3.8) is 0 Å². The summed E-state index contributed by atoms with van der Waals surface area (Å²) in [6.07, 6.45) is 3.64. The van der Waals surface area contributed by atoms with Crippen LogP contribution in [-0.4, -0.2) is 24.1 Å². The third-order valence-electron chi connectivity index (χ3n) is 4.14. The highest BCUT2D eigenvalue weighted by atomic mass is 32.1. The molecule has 3 nitrogen and oxygen atoms in total. The van der Waals surface area contributed by atoms with E-state index in [-0.39, 0.29) is 5.54 Å². The molecule has 120 valence electrons. The molecule has 2 unspecified atom stereocenters. The lowest BCUT2D eigenvalue weighted by molar-refractivity contribution is 0.425. The minimum absolute atomic E-state index is 0.156. The number of aryl methyl sites for hydroxylation is 1. The van der Waals surface area contributed by atoms with Crippen molar-refractivity contribution in [1.82, 2.24) is 10.3 Å². The first-order chi connectivity index (χ1) is 9.80. The topological polar surface area (TPSA) is 28.2 Å². The average Bonchev–Trinajstić information content (AvgIpc) is 2.91. The molecule has 21 heavy (non-hydrogen) atoms. The van der Waals surface area contributed by atoms with E-state index in [0.717, 1.165) is 37.8 Å². The molecule has 2 rings (SSSR count). The van der Waals surface area contributed by atoms with Gasteiger partial charge in [-0.2, -0.15) is 0 Å². The maximum absolute atomic E-state index is 4.91. The number of aromatic nitrogens is 1. The smallest absolute Gasteiger partial charge is 0.185 e. The Bertz CT molecular complexity index is 461. The third kappa shape index (κ3) is 4.96. The number of nitrogens with zero attached hydrogens (tertiary/aromatic N) is 2. The van der Waals surface area contributed by atoms with Crippen molar-refractivity contribution in [1.29, 1.82) is 0 Å². The fourth-order valence-corrected chi connectivity index (χ4v) is 3.55. The molecule has 1 heterocycles. The van der Waals surface area contributed by atoms with Crippen LogP contribution in [0.15, 0.2) is 0 Å². The van der Waals surface area contributed by atoms with Gasteiger partial charge in [-0.05, 0) is 45.4 Å². The Hall–Kier alpha value is -0.610. The first-order valence-corrected chi connectivity index (χ1v) is 9.06. The van der Waals surface area contributed by atoms with Gasteiger partial charge in [0, 0.05) is 30.6 Å². The maximum atomic E-state index is 4.91. The molecule has 0 aliphatic heterocycles. The van der Waals surface area contributed by atoms with Crippen LogP contribution in [0, 0.1) is 11.8 Å². The molecule has 0 radical (unpaired) electrons. The Labute approximate surface area is 134 Å². The van der Waals surface area contributed by atoms with Gasteiger partial charge >= 0.3 is 0 Å². The lowest BCUT2D eigenvalue weighted by atomic mass is 10.1. The molecule has 4 heteroatoms. The maximum Gasteiger partial charge on any atom is 0.185 e. The molecular weight excluding hydrogens is 278 g/mol. The lowest BCUT2D eigenvalue weighted by Crippen LogP contribution is -2.35. The van der Waals surface area contributed by atoms with Crippen LogP contribution in [0.5, 0.6) is 0 Å². The van der Waals surface area contributed by atoms with E-state index < -0.39 is 0 Å². The summed E-state index contributed by atoms with van der Waals surface area (Å²) in [4.78, 5) is 8.68. The first kappa shape index (κ1) is 16.8. The highest BCUT2D eigenvalue weighted by molar-refractivity contribution is 7.15. The Morgan fingerprint density at radius 2 is 2.05 bits per heavy atom. The zero-order valence-electron chi connectivity index (χ0n) is 14.5. The predicted octanol–water partition coefficient (Wildman–Crippen LogP) is 4.08. The molecule has 0 saturated heterocycles. The summed E-state index contributed by atoms with van der Waals surface area (Å²) in [6.45, 7) is 13.3. The number of hydrogen-bond donors (Lipinski definition) is 1. The fraction of sp³-hybridized carbons (Fsp3) is 0.824. The molecule has 1 aromatic rings. The van der Waals surface area contributed by atoms with Crippen molar-refractivity contribution in [2.75, 3.05) is 18.5 Å². The van der Waals surface area contributed by atoms with Crippen LogP contribution in [0.3, 0.4) is 0 Å². The Morgan fingerprint density at radius 1 is 1.38 bits per heavy atom. The predicted molar refractivity (Wildman–Crippen MR) is 93.2 cm³/mol. The van der Waals surface area contributed by atoms with Gasteiger partial charge in [0.2, 0.25) is 0 Å². The molecular formula is C17H31N3S. The minimum atomic E-state index is 0.156. The van der Waals surface area contributed by atoms with Gasteiger partial charge in [-0.1, -0.05) is 20.3 Å². The second-order valence-corrected chi connectivity index (χ2v) is 8.64. The van der Waals surface area contributed by atoms with Crippen LogP contribution in [-0.2, 0) is 13.0 Å². The van der Waals surface area contributed by atoms with E-state index in [0.29, 0.717) is 0 Å². The highest BCUT2D eigenvalue weighted by Crippen LogP contribution is 2.39. The number of rotatable bonds is 7. The average molecular weight is 310 g/mol. The van der Waals surface area contributed by atoms with Gasteiger partial charge in [0.15, 0.2) is 5.13 Å². The van der Waals surface area contributed by atoms with Gasteiger partial charge in [0.1, 0.15) is 0 Å². The van der Waals surface area contributed by atoms with Crippen LogP contribution in [0.4, 0.5) is 5.13 Å². The first-order valence-electron chi connectivity index (χ1n) is 8.25. The molecule has 1 N–H and O–H groups in total. The molecule has 1 aromatic heterocycles. The second kappa shape index (κ2) is 6.66. The molecule has 1 saturated carbocycles. The van der Waals surface area contributed by atoms with E-state index in [1.807, 2.05) is 11.3 Å². The normalized spacial score (nSPS) is 21.6. The molecule has 0 aromatic carbocycles. The standard InChI is InChI=1S/C17H31N3S/c1-7-8-14-15(10-18-17(3,4)5)21-16(19-14)20(6)11-13-9-12(13)2/h12-13,18H,7-11H2,1-6H3. The van der Waals surface area contributed by atoms with Crippen molar-refractivity contribution in [2.24, 2.45) is 11.8 Å². The summed E-state index contributed by atoms with van der Waals surface area (Å²) >= 11 is 1.87. The van der Waals surface area contributed by atoms with Crippen molar-refractivity contribution in [2.45, 2.75) is 66.0 Å². The van der Waals surface area contributed by atoms with Gasteiger partial charge in [-0.25, -0.2) is 4.98 Å². The van der Waals surface area contributed by atoms with Gasteiger partial charge in [0.05, 0.1) is 5.69 Å². The monoisotopic (exact) mass is 309 g/mol. The summed E-state index contributed by atoms with van der Waals surface area (Å²) < 4.78 is 0. The van der Waals surface area contributed by atoms with E-state index in [2.05, 4.69) is 51.9 Å². The number of thiazole rings is 1. The minimum Gasteiger partial charge on any atom is -0.351 e. The zero-order valence-corrected chi connectivity index (χ0v) is 15.3. The van der Waals surface area contributed by atoms with Crippen molar-refractivity contribution < 1.29 is 0 Å². The summed E-state index contributed by atoms with van der Waals surface area (Å²) in [7, 11) is 2.20. The molecule has 1 aliphatic carbocycles. The largest absolute Gasteiger partial charge is 0.351 e. The van der Waals surface area contributed by atoms with Gasteiger partial charge < -0.3 is 10.2 Å². The molecule has 2 atom stereocenters. The van der Waals surface area contributed by atoms with E-state index in [9.17, 15) is 0 Å². The number of anilines is 1. The quantitative estimate of drug-likeness (QED) is 0.822. The molecule has 1 fully saturated rings. The Balaban J connectivity index is 2.04. The highest BCUT2D eigenvalue weighted by Gasteiger charge is 2.33. The summed E-state index contributed by atoms with van der Waals surface area (Å²) in [5.41, 5.74) is 1.45. The van der Waals surface area contributed by atoms with Crippen molar-refractivity contribution >= 4 is 16.5 Å². The molecule has 0 bridgehead atoms. The van der Waals surface area contributed by atoms with E-state index in [4.69, 9.17) is 4.98 Å². The Morgan fingerprint density at radius 3 is 2.57 bits per heavy atom. The van der Waals surface area contributed by atoms with Crippen LogP contribution >= 0.6 is 11.3 Å². The van der Waals surface area contributed by atoms with E-state index in [1.165, 1.54) is 22.1 Å². The zero-order chi connectivity index (χ0) is 15.6.